The third-order valence-electron chi connectivity index (χ3n) is 9.95. The molecule has 0 fully saturated rings. The molecule has 4 N–H and O–H groups in total. The Labute approximate surface area is 347 Å². The lowest BCUT2D eigenvalue weighted by atomic mass is 10.0. The summed E-state index contributed by atoms with van der Waals surface area (Å²) >= 11 is 0. The second-order valence-corrected chi connectivity index (χ2v) is 17.0. The number of carboxylic acid groups (broad SMARTS) is 1. The quantitative estimate of drug-likeness (QED) is 0.0231. The lowest BCUT2D eigenvalue weighted by molar-refractivity contribution is -0.161. The molecule has 0 aromatic heterocycles. The number of phosphoric ester groups is 1. The number of unbranched alkanes of at least 4 members (excludes halogenated alkanes) is 25. The molecule has 3 atom stereocenters. The standard InChI is InChI=1S/C45H84NO10P/c1-3-5-7-9-11-13-15-17-19-20-21-22-23-25-26-28-30-32-34-36-43(47)53-38-41(39-54-57(51,52)55-40-42(46)45(49)50)56-44(48)37-35-33-31-29-27-24-18-16-14-12-10-8-6-4-2/h11,13,17,19,41-42H,3-10,12,14-16,18,20-40,46H2,1-2H3,(H,49,50)(H,51,52)/b13-11+,19-17+/t41-,42+/m0/s1. The van der Waals surface area contributed by atoms with Crippen molar-refractivity contribution in [1.82, 2.24) is 0 Å². The van der Waals surface area contributed by atoms with Gasteiger partial charge in [0.2, 0.25) is 0 Å². The minimum atomic E-state index is -4.71. The highest BCUT2D eigenvalue weighted by Gasteiger charge is 2.28. The molecule has 0 aromatic rings. The number of esters is 2. The largest absolute Gasteiger partial charge is 0.480 e. The molecular weight excluding hydrogens is 745 g/mol. The maximum atomic E-state index is 12.6. The molecule has 0 radical (unpaired) electrons. The SMILES string of the molecule is CCCCC/C=C/C/C=C/CCCCCCCCCCCC(=O)OC[C@@H](COP(=O)(O)OC[C@@H](N)C(=O)O)OC(=O)CCCCCCCCCCCCCCCC. The Morgan fingerprint density at radius 3 is 1.40 bits per heavy atom. The fraction of sp³-hybridized carbons (Fsp3) is 0.844. The third kappa shape index (κ3) is 40.5. The van der Waals surface area contributed by atoms with E-state index in [4.69, 9.17) is 24.8 Å². The van der Waals surface area contributed by atoms with Gasteiger partial charge in [-0.3, -0.25) is 23.4 Å². The lowest BCUT2D eigenvalue weighted by Gasteiger charge is -2.20. The van der Waals surface area contributed by atoms with E-state index in [0.717, 1.165) is 51.4 Å². The molecule has 0 aliphatic heterocycles. The maximum absolute atomic E-state index is 12.6. The molecule has 0 aliphatic rings. The molecule has 334 valence electrons. The van der Waals surface area contributed by atoms with Crippen molar-refractivity contribution in [2.24, 2.45) is 5.73 Å². The first-order valence-corrected chi connectivity index (χ1v) is 24.4. The molecule has 0 bridgehead atoms. The van der Waals surface area contributed by atoms with Gasteiger partial charge in [-0.15, -0.1) is 0 Å². The molecule has 0 heterocycles. The second-order valence-electron chi connectivity index (χ2n) is 15.5. The molecule has 0 saturated heterocycles. The topological polar surface area (TPSA) is 172 Å². The van der Waals surface area contributed by atoms with Crippen molar-refractivity contribution < 1.29 is 47.5 Å². The van der Waals surface area contributed by atoms with E-state index in [1.165, 1.54) is 122 Å². The number of carboxylic acids is 1. The number of nitrogens with two attached hydrogens (primary N) is 1. The summed E-state index contributed by atoms with van der Waals surface area (Å²) in [7, 11) is -4.71. The van der Waals surface area contributed by atoms with Crippen molar-refractivity contribution in [2.75, 3.05) is 19.8 Å². The number of hydrogen-bond acceptors (Lipinski definition) is 9. The van der Waals surface area contributed by atoms with Crippen LogP contribution in [0.25, 0.3) is 0 Å². The second kappa shape index (κ2) is 40.7. The molecule has 0 amide bonds. The number of carbonyl (C=O) groups excluding carboxylic acids is 2. The third-order valence-corrected chi connectivity index (χ3v) is 10.9. The summed E-state index contributed by atoms with van der Waals surface area (Å²) in [6, 6.07) is -1.52. The Bertz CT molecular complexity index is 1070. The summed E-state index contributed by atoms with van der Waals surface area (Å²) < 4.78 is 32.7. The Morgan fingerprint density at radius 2 is 0.930 bits per heavy atom. The van der Waals surface area contributed by atoms with Gasteiger partial charge in [-0.25, -0.2) is 4.57 Å². The molecule has 12 heteroatoms. The molecule has 0 spiro atoms. The zero-order chi connectivity index (χ0) is 42.1. The van der Waals surface area contributed by atoms with Gasteiger partial charge in [-0.2, -0.15) is 0 Å². The van der Waals surface area contributed by atoms with Gasteiger partial charge in [-0.05, 0) is 44.9 Å². The van der Waals surface area contributed by atoms with E-state index in [-0.39, 0.29) is 19.4 Å². The molecule has 0 rings (SSSR count). The summed E-state index contributed by atoms with van der Waals surface area (Å²) in [5.74, 6) is -2.37. The fourth-order valence-corrected chi connectivity index (χ4v) is 7.11. The van der Waals surface area contributed by atoms with E-state index in [0.29, 0.717) is 12.8 Å². The van der Waals surface area contributed by atoms with Gasteiger partial charge in [0.1, 0.15) is 12.6 Å². The van der Waals surface area contributed by atoms with Crippen LogP contribution in [0.4, 0.5) is 0 Å². The van der Waals surface area contributed by atoms with Crippen LogP contribution < -0.4 is 5.73 Å². The molecule has 57 heavy (non-hydrogen) atoms. The van der Waals surface area contributed by atoms with Crippen molar-refractivity contribution in [2.45, 2.75) is 225 Å². The van der Waals surface area contributed by atoms with Crippen LogP contribution in [0.15, 0.2) is 24.3 Å². The van der Waals surface area contributed by atoms with Gasteiger partial charge in [0.15, 0.2) is 6.10 Å². The van der Waals surface area contributed by atoms with E-state index in [1.54, 1.807) is 0 Å². The van der Waals surface area contributed by atoms with Crippen LogP contribution in [0.1, 0.15) is 213 Å². The minimum absolute atomic E-state index is 0.165. The lowest BCUT2D eigenvalue weighted by Crippen LogP contribution is -2.34. The number of allylic oxidation sites excluding steroid dienone is 4. The molecule has 0 saturated carbocycles. The average Bonchev–Trinajstić information content (AvgIpc) is 3.19. The highest BCUT2D eigenvalue weighted by atomic mass is 31.2. The monoisotopic (exact) mass is 830 g/mol. The maximum Gasteiger partial charge on any atom is 0.472 e. The van der Waals surface area contributed by atoms with Gasteiger partial charge >= 0.3 is 25.7 Å². The number of phosphoric acid groups is 1. The smallest absolute Gasteiger partial charge is 0.472 e. The minimum Gasteiger partial charge on any atom is -0.480 e. The Hall–Kier alpha value is -2.04. The van der Waals surface area contributed by atoms with Gasteiger partial charge in [-0.1, -0.05) is 179 Å². The predicted molar refractivity (Wildman–Crippen MR) is 231 cm³/mol. The number of hydrogen-bond donors (Lipinski definition) is 3. The van der Waals surface area contributed by atoms with Crippen LogP contribution in [0.5, 0.6) is 0 Å². The summed E-state index contributed by atoms with van der Waals surface area (Å²) in [6.45, 7) is 2.79. The number of rotatable bonds is 43. The van der Waals surface area contributed by atoms with Crippen molar-refractivity contribution >= 4 is 25.7 Å². The summed E-state index contributed by atoms with van der Waals surface area (Å²) in [6.07, 6.45) is 42.3. The van der Waals surface area contributed by atoms with Gasteiger partial charge in [0, 0.05) is 12.8 Å². The normalized spacial score (nSPS) is 13.9. The van der Waals surface area contributed by atoms with E-state index < -0.39 is 51.1 Å². The van der Waals surface area contributed by atoms with E-state index in [2.05, 4.69) is 42.7 Å². The Morgan fingerprint density at radius 1 is 0.544 bits per heavy atom. The summed E-state index contributed by atoms with van der Waals surface area (Å²) in [5.41, 5.74) is 5.34. The number of ether oxygens (including phenoxy) is 2. The van der Waals surface area contributed by atoms with Crippen LogP contribution in [-0.4, -0.2) is 59.9 Å². The predicted octanol–water partition coefficient (Wildman–Crippen LogP) is 12.2. The highest BCUT2D eigenvalue weighted by molar-refractivity contribution is 7.47. The van der Waals surface area contributed by atoms with Crippen molar-refractivity contribution in [3.8, 4) is 0 Å². The first kappa shape index (κ1) is 55.0. The van der Waals surface area contributed by atoms with Gasteiger partial charge in [0.05, 0.1) is 13.2 Å². The zero-order valence-electron chi connectivity index (χ0n) is 36.2. The van der Waals surface area contributed by atoms with Crippen molar-refractivity contribution in [3.63, 3.8) is 0 Å². The first-order valence-electron chi connectivity index (χ1n) is 22.9. The van der Waals surface area contributed by atoms with Crippen LogP contribution in [0.2, 0.25) is 0 Å². The van der Waals surface area contributed by atoms with Crippen LogP contribution in [-0.2, 0) is 37.5 Å². The molecular formula is C45H84NO10P. The van der Waals surface area contributed by atoms with Gasteiger partial charge in [0.25, 0.3) is 0 Å². The van der Waals surface area contributed by atoms with Crippen molar-refractivity contribution in [1.29, 1.82) is 0 Å². The van der Waals surface area contributed by atoms with Crippen molar-refractivity contribution in [3.05, 3.63) is 24.3 Å². The average molecular weight is 830 g/mol. The van der Waals surface area contributed by atoms with E-state index in [1.807, 2.05) is 0 Å². The summed E-state index contributed by atoms with van der Waals surface area (Å²) in [4.78, 5) is 46.0. The zero-order valence-corrected chi connectivity index (χ0v) is 37.1. The van der Waals surface area contributed by atoms with E-state index >= 15 is 0 Å². The fourth-order valence-electron chi connectivity index (χ4n) is 6.33. The summed E-state index contributed by atoms with van der Waals surface area (Å²) in [5, 5.41) is 8.89. The molecule has 0 aliphatic carbocycles. The number of aliphatic carboxylic acids is 1. The highest BCUT2D eigenvalue weighted by Crippen LogP contribution is 2.43. The number of carbonyl (C=O) groups is 3. The van der Waals surface area contributed by atoms with Crippen LogP contribution in [0, 0.1) is 0 Å². The molecule has 0 aromatic carbocycles. The molecule has 11 nitrogen and oxygen atoms in total. The van der Waals surface area contributed by atoms with Crippen LogP contribution >= 0.6 is 7.82 Å². The molecule has 1 unspecified atom stereocenters. The Kier molecular flexibility index (Phi) is 39.3. The van der Waals surface area contributed by atoms with Gasteiger partial charge < -0.3 is 25.2 Å². The van der Waals surface area contributed by atoms with E-state index in [9.17, 15) is 23.8 Å². The van der Waals surface area contributed by atoms with Crippen LogP contribution in [0.3, 0.4) is 0 Å². The Balaban J connectivity index is 4.29. The first-order chi connectivity index (χ1) is 27.6.